The molecule has 1 amide bonds. The number of carbonyl (C=O) groups excluding carboxylic acids is 2. The maximum atomic E-state index is 11.3. The Bertz CT molecular complexity index is 927. The van der Waals surface area contributed by atoms with Gasteiger partial charge >= 0.3 is 12.1 Å². The third-order valence-electron chi connectivity index (χ3n) is 3.71. The molecule has 0 aliphatic heterocycles. The fourth-order valence-corrected chi connectivity index (χ4v) is 3.76. The second-order valence-electron chi connectivity index (χ2n) is 5.62. The smallest absolute Gasteiger partial charge is 0.411 e. The average molecular weight is 532 g/mol. The first-order chi connectivity index (χ1) is 13.7. The topological polar surface area (TPSA) is 117 Å². The summed E-state index contributed by atoms with van der Waals surface area (Å²) in [6.45, 7) is 0. The quantitative estimate of drug-likeness (QED) is 0.296. The van der Waals surface area contributed by atoms with Crippen LogP contribution in [0.5, 0.6) is 11.5 Å². The highest BCUT2D eigenvalue weighted by atomic mass is 79.9. The molecule has 2 rings (SSSR count). The van der Waals surface area contributed by atoms with E-state index < -0.39 is 11.0 Å². The minimum atomic E-state index is -0.824. The van der Waals surface area contributed by atoms with Crippen LogP contribution in [0, 0.1) is 10.1 Å². The van der Waals surface area contributed by atoms with Crippen molar-refractivity contribution in [1.82, 2.24) is 0 Å². The Morgan fingerprint density at radius 2 is 1.76 bits per heavy atom. The zero-order valence-electron chi connectivity index (χ0n) is 15.4. The second-order valence-corrected chi connectivity index (χ2v) is 7.33. The summed E-state index contributed by atoms with van der Waals surface area (Å²) in [6, 6.07) is 7.57. The van der Waals surface area contributed by atoms with Gasteiger partial charge in [0.2, 0.25) is 0 Å². The van der Waals surface area contributed by atoms with Gasteiger partial charge in [0.15, 0.2) is 5.75 Å². The van der Waals surface area contributed by atoms with Crippen LogP contribution in [0.4, 0.5) is 16.2 Å². The van der Waals surface area contributed by atoms with Gasteiger partial charge in [0.1, 0.15) is 11.4 Å². The molecule has 154 valence electrons. The molecular formula is C18H16Br2N2O7. The lowest BCUT2D eigenvalue weighted by molar-refractivity contribution is -0.384. The summed E-state index contributed by atoms with van der Waals surface area (Å²) < 4.78 is 16.0. The van der Waals surface area contributed by atoms with Gasteiger partial charge in [0.05, 0.1) is 34.2 Å². The summed E-state index contributed by atoms with van der Waals surface area (Å²) in [5.41, 5.74) is 0.491. The van der Waals surface area contributed by atoms with Crippen molar-refractivity contribution < 1.29 is 28.7 Å². The number of anilines is 1. The molecule has 0 saturated carbocycles. The summed E-state index contributed by atoms with van der Waals surface area (Å²) in [6.07, 6.45) is -0.116. The molecule has 0 aromatic heterocycles. The molecule has 0 saturated heterocycles. The molecule has 0 fully saturated rings. The summed E-state index contributed by atoms with van der Waals surface area (Å²) in [7, 11) is 2.48. The van der Waals surface area contributed by atoms with Crippen LogP contribution < -0.4 is 10.1 Å². The van der Waals surface area contributed by atoms with Gasteiger partial charge in [-0.15, -0.1) is 0 Å². The van der Waals surface area contributed by atoms with Crippen LogP contribution in [0.25, 0.3) is 0 Å². The fraction of sp³-hybridized carbons (Fsp3) is 0.222. The van der Waals surface area contributed by atoms with Gasteiger partial charge < -0.3 is 14.2 Å². The van der Waals surface area contributed by atoms with E-state index in [1.54, 1.807) is 12.1 Å². The van der Waals surface area contributed by atoms with Gasteiger partial charge in [0.25, 0.3) is 5.69 Å². The molecule has 0 unspecified atom stereocenters. The number of methoxy groups -OCH3 is 2. The standard InChI is InChI=1S/C18H16Br2N2O7/c1-27-16(23)6-3-10-7-12(19)17(13(20)8-10)29-11-4-5-14(21-18(24)28-2)15(9-11)22(25)26/h4-5,7-9H,3,6H2,1-2H3,(H,21,24). The molecule has 0 aliphatic rings. The maximum Gasteiger partial charge on any atom is 0.411 e. The van der Waals surface area contributed by atoms with Crippen LogP contribution in [0.2, 0.25) is 0 Å². The number of carbonyl (C=O) groups is 2. The number of aryl methyl sites for hydroxylation is 1. The average Bonchev–Trinajstić information content (AvgIpc) is 2.69. The Morgan fingerprint density at radius 1 is 1.10 bits per heavy atom. The van der Waals surface area contributed by atoms with Crippen molar-refractivity contribution in [3.05, 3.63) is 55.0 Å². The van der Waals surface area contributed by atoms with E-state index in [9.17, 15) is 19.7 Å². The van der Waals surface area contributed by atoms with E-state index in [4.69, 9.17) is 4.74 Å². The van der Waals surface area contributed by atoms with E-state index in [0.717, 1.165) is 12.7 Å². The molecule has 2 aromatic rings. The van der Waals surface area contributed by atoms with Gasteiger partial charge in [-0.3, -0.25) is 20.2 Å². The highest BCUT2D eigenvalue weighted by molar-refractivity contribution is 9.11. The number of benzene rings is 2. The monoisotopic (exact) mass is 530 g/mol. The third-order valence-corrected chi connectivity index (χ3v) is 4.89. The molecule has 0 radical (unpaired) electrons. The first-order valence-electron chi connectivity index (χ1n) is 8.11. The highest BCUT2D eigenvalue weighted by Crippen LogP contribution is 2.40. The van der Waals surface area contributed by atoms with Gasteiger partial charge in [0, 0.05) is 6.42 Å². The van der Waals surface area contributed by atoms with Gasteiger partial charge in [-0.2, -0.15) is 0 Å². The van der Waals surface area contributed by atoms with Crippen LogP contribution >= 0.6 is 31.9 Å². The van der Waals surface area contributed by atoms with E-state index in [0.29, 0.717) is 21.1 Å². The number of amides is 1. The van der Waals surface area contributed by atoms with Crippen molar-refractivity contribution in [3.8, 4) is 11.5 Å². The fourth-order valence-electron chi connectivity index (χ4n) is 2.31. The van der Waals surface area contributed by atoms with Gasteiger partial charge in [-0.05, 0) is 68.1 Å². The largest absolute Gasteiger partial charge is 0.469 e. The minimum absolute atomic E-state index is 0.0227. The Hall–Kier alpha value is -2.66. The number of hydrogen-bond acceptors (Lipinski definition) is 7. The second kappa shape index (κ2) is 10.2. The minimum Gasteiger partial charge on any atom is -0.469 e. The molecule has 0 atom stereocenters. The summed E-state index contributed by atoms with van der Waals surface area (Å²) in [4.78, 5) is 33.3. The van der Waals surface area contributed by atoms with Crippen molar-refractivity contribution >= 4 is 55.3 Å². The molecule has 0 bridgehead atoms. The van der Waals surface area contributed by atoms with Crippen LogP contribution in [0.3, 0.4) is 0 Å². The lowest BCUT2D eigenvalue weighted by Gasteiger charge is -2.13. The molecule has 29 heavy (non-hydrogen) atoms. The Balaban J connectivity index is 2.26. The zero-order chi connectivity index (χ0) is 21.6. The molecule has 1 N–H and O–H groups in total. The van der Waals surface area contributed by atoms with Crippen LogP contribution in [-0.2, 0) is 20.7 Å². The molecule has 0 heterocycles. The Labute approximate surface area is 182 Å². The number of ether oxygens (including phenoxy) is 3. The molecule has 2 aromatic carbocycles. The lowest BCUT2D eigenvalue weighted by atomic mass is 10.1. The summed E-state index contributed by atoms with van der Waals surface area (Å²) in [5.74, 6) is 0.274. The predicted molar refractivity (Wildman–Crippen MR) is 111 cm³/mol. The molecule has 0 aliphatic carbocycles. The molecular weight excluding hydrogens is 516 g/mol. The molecule has 11 heteroatoms. The summed E-state index contributed by atoms with van der Waals surface area (Å²) >= 11 is 6.81. The van der Waals surface area contributed by atoms with Crippen LogP contribution in [0.1, 0.15) is 12.0 Å². The molecule has 0 spiro atoms. The number of nitrogens with one attached hydrogen (secondary N) is 1. The Kier molecular flexibility index (Phi) is 7.97. The van der Waals surface area contributed by atoms with E-state index in [2.05, 4.69) is 46.7 Å². The van der Waals surface area contributed by atoms with Crippen molar-refractivity contribution in [2.75, 3.05) is 19.5 Å². The molecule has 9 nitrogen and oxygen atoms in total. The first-order valence-corrected chi connectivity index (χ1v) is 9.69. The van der Waals surface area contributed by atoms with Crippen molar-refractivity contribution in [1.29, 1.82) is 0 Å². The number of nitro benzene ring substituents is 1. The first kappa shape index (κ1) is 22.6. The number of rotatable bonds is 7. The number of hydrogen-bond donors (Lipinski definition) is 1. The SMILES string of the molecule is COC(=O)CCc1cc(Br)c(Oc2ccc(NC(=O)OC)c([N+](=O)[O-])c2)c(Br)c1. The van der Waals surface area contributed by atoms with E-state index in [-0.39, 0.29) is 29.5 Å². The van der Waals surface area contributed by atoms with E-state index >= 15 is 0 Å². The third kappa shape index (κ3) is 6.16. The number of halogens is 2. The Morgan fingerprint density at radius 3 is 2.31 bits per heavy atom. The number of esters is 1. The number of nitro groups is 1. The van der Waals surface area contributed by atoms with Crippen LogP contribution in [0.15, 0.2) is 39.3 Å². The van der Waals surface area contributed by atoms with Crippen molar-refractivity contribution in [2.24, 2.45) is 0 Å². The normalized spacial score (nSPS) is 10.2. The van der Waals surface area contributed by atoms with Crippen LogP contribution in [-0.4, -0.2) is 31.2 Å². The van der Waals surface area contributed by atoms with E-state index in [1.165, 1.54) is 25.3 Å². The van der Waals surface area contributed by atoms with Crippen molar-refractivity contribution in [2.45, 2.75) is 12.8 Å². The van der Waals surface area contributed by atoms with Gasteiger partial charge in [-0.25, -0.2) is 4.79 Å². The predicted octanol–water partition coefficient (Wildman–Crippen LogP) is 5.20. The number of nitrogens with zero attached hydrogens (tertiary/aromatic N) is 1. The van der Waals surface area contributed by atoms with Crippen molar-refractivity contribution in [3.63, 3.8) is 0 Å². The maximum absolute atomic E-state index is 11.3. The van der Waals surface area contributed by atoms with Gasteiger partial charge in [-0.1, -0.05) is 0 Å². The lowest BCUT2D eigenvalue weighted by Crippen LogP contribution is -2.12. The van der Waals surface area contributed by atoms with E-state index in [1.807, 2.05) is 0 Å². The zero-order valence-corrected chi connectivity index (χ0v) is 18.5. The summed E-state index contributed by atoms with van der Waals surface area (Å²) in [5, 5.41) is 13.6. The highest BCUT2D eigenvalue weighted by Gasteiger charge is 2.19.